The molecule has 1 fully saturated rings. The predicted octanol–water partition coefficient (Wildman–Crippen LogP) is 1.98. The summed E-state index contributed by atoms with van der Waals surface area (Å²) in [5, 5.41) is 6.86. The molecule has 0 aromatic heterocycles. The molecule has 1 aromatic rings. The van der Waals surface area contributed by atoms with Gasteiger partial charge in [0.25, 0.3) is 5.91 Å². The summed E-state index contributed by atoms with van der Waals surface area (Å²) < 4.78 is 5.74. The number of halogens is 1. The number of carbonyl (C=O) groups excluding carboxylic acids is 1. The molecular formula is C14H19ClN2O2. The van der Waals surface area contributed by atoms with E-state index in [2.05, 4.69) is 10.6 Å². The fraction of sp³-hybridized carbons (Fsp3) is 0.500. The third-order valence-corrected chi connectivity index (χ3v) is 3.38. The summed E-state index contributed by atoms with van der Waals surface area (Å²) in [6.07, 6.45) is 0.961. The quantitative estimate of drug-likeness (QED) is 0.888. The Morgan fingerprint density at radius 2 is 2.11 bits per heavy atom. The molecule has 0 bridgehead atoms. The number of benzene rings is 1. The summed E-state index contributed by atoms with van der Waals surface area (Å²) in [4.78, 5) is 12.2. The molecule has 2 N–H and O–H groups in total. The summed E-state index contributed by atoms with van der Waals surface area (Å²) in [5.74, 6) is 0.533. The van der Waals surface area contributed by atoms with Crippen LogP contribution in [0.2, 0.25) is 5.02 Å². The normalized spacial score (nSPS) is 19.2. The number of rotatable bonds is 4. The highest BCUT2D eigenvalue weighted by Gasteiger charge is 2.32. The van der Waals surface area contributed by atoms with E-state index in [0.717, 1.165) is 19.5 Å². The second kappa shape index (κ2) is 5.80. The van der Waals surface area contributed by atoms with Gasteiger partial charge in [-0.3, -0.25) is 4.79 Å². The van der Waals surface area contributed by atoms with Gasteiger partial charge in [-0.2, -0.15) is 0 Å². The largest absolute Gasteiger partial charge is 0.478 e. The van der Waals surface area contributed by atoms with Gasteiger partial charge in [-0.1, -0.05) is 11.6 Å². The van der Waals surface area contributed by atoms with Crippen molar-refractivity contribution in [3.63, 3.8) is 0 Å². The van der Waals surface area contributed by atoms with E-state index in [1.165, 1.54) is 0 Å². The molecule has 4 nitrogen and oxygen atoms in total. The SMILES string of the molecule is CC(C)(Oc1ccc(Cl)cc1)C(=O)NC1CCNC1. The Morgan fingerprint density at radius 1 is 1.42 bits per heavy atom. The molecule has 1 unspecified atom stereocenters. The third-order valence-electron chi connectivity index (χ3n) is 3.13. The summed E-state index contributed by atoms with van der Waals surface area (Å²) >= 11 is 5.82. The van der Waals surface area contributed by atoms with Crippen LogP contribution in [0.1, 0.15) is 20.3 Å². The van der Waals surface area contributed by atoms with Crippen LogP contribution >= 0.6 is 11.6 Å². The maximum atomic E-state index is 12.2. The molecule has 0 saturated carbocycles. The molecule has 1 aromatic carbocycles. The van der Waals surface area contributed by atoms with Gasteiger partial charge in [-0.25, -0.2) is 0 Å². The van der Waals surface area contributed by atoms with E-state index in [0.29, 0.717) is 10.8 Å². The van der Waals surface area contributed by atoms with Crippen LogP contribution in [0.25, 0.3) is 0 Å². The molecule has 0 aliphatic carbocycles. The van der Waals surface area contributed by atoms with E-state index in [1.807, 2.05) is 0 Å². The topological polar surface area (TPSA) is 50.4 Å². The van der Waals surface area contributed by atoms with Gasteiger partial charge in [0, 0.05) is 17.6 Å². The number of ether oxygens (including phenoxy) is 1. The fourth-order valence-corrected chi connectivity index (χ4v) is 2.11. The minimum atomic E-state index is -0.906. The summed E-state index contributed by atoms with van der Waals surface area (Å²) in [6.45, 7) is 5.30. The lowest BCUT2D eigenvalue weighted by Crippen LogP contribution is -2.50. The van der Waals surface area contributed by atoms with E-state index in [-0.39, 0.29) is 11.9 Å². The number of hydrogen-bond donors (Lipinski definition) is 2. The summed E-state index contributed by atoms with van der Waals surface area (Å²) in [5.41, 5.74) is -0.906. The Hall–Kier alpha value is -1.26. The average Bonchev–Trinajstić information content (AvgIpc) is 2.84. The van der Waals surface area contributed by atoms with Gasteiger partial charge in [0.05, 0.1) is 0 Å². The molecule has 1 amide bonds. The van der Waals surface area contributed by atoms with Crippen molar-refractivity contribution >= 4 is 17.5 Å². The molecule has 5 heteroatoms. The Kier molecular flexibility index (Phi) is 4.32. The van der Waals surface area contributed by atoms with Crippen LogP contribution in [-0.4, -0.2) is 30.6 Å². The van der Waals surface area contributed by atoms with Crippen molar-refractivity contribution in [3.8, 4) is 5.75 Å². The highest BCUT2D eigenvalue weighted by Crippen LogP contribution is 2.21. The fourth-order valence-electron chi connectivity index (χ4n) is 1.98. The van der Waals surface area contributed by atoms with Crippen molar-refractivity contribution in [1.29, 1.82) is 0 Å². The first-order valence-corrected chi connectivity index (χ1v) is 6.81. The highest BCUT2D eigenvalue weighted by atomic mass is 35.5. The summed E-state index contributed by atoms with van der Waals surface area (Å²) in [7, 11) is 0. The predicted molar refractivity (Wildman–Crippen MR) is 75.6 cm³/mol. The second-order valence-electron chi connectivity index (χ2n) is 5.23. The number of hydrogen-bond acceptors (Lipinski definition) is 3. The first-order chi connectivity index (χ1) is 8.97. The van der Waals surface area contributed by atoms with E-state index < -0.39 is 5.60 Å². The van der Waals surface area contributed by atoms with E-state index in [9.17, 15) is 4.79 Å². The van der Waals surface area contributed by atoms with Crippen molar-refractivity contribution in [2.75, 3.05) is 13.1 Å². The van der Waals surface area contributed by atoms with Crippen LogP contribution in [0.3, 0.4) is 0 Å². The third kappa shape index (κ3) is 3.85. The maximum absolute atomic E-state index is 12.2. The Bertz CT molecular complexity index is 439. The Labute approximate surface area is 118 Å². The zero-order valence-electron chi connectivity index (χ0n) is 11.2. The molecule has 19 heavy (non-hydrogen) atoms. The number of carbonyl (C=O) groups is 1. The molecule has 2 rings (SSSR count). The Balaban J connectivity index is 1.96. The molecule has 104 valence electrons. The van der Waals surface area contributed by atoms with Crippen LogP contribution in [0.4, 0.5) is 0 Å². The molecule has 1 atom stereocenters. The highest BCUT2D eigenvalue weighted by molar-refractivity contribution is 6.30. The van der Waals surface area contributed by atoms with Crippen molar-refractivity contribution < 1.29 is 9.53 Å². The molecule has 1 heterocycles. The first-order valence-electron chi connectivity index (χ1n) is 6.44. The van der Waals surface area contributed by atoms with Crippen molar-refractivity contribution in [2.24, 2.45) is 0 Å². The van der Waals surface area contributed by atoms with Crippen LogP contribution in [0.15, 0.2) is 24.3 Å². The number of amides is 1. The van der Waals surface area contributed by atoms with Gasteiger partial charge < -0.3 is 15.4 Å². The molecule has 1 saturated heterocycles. The monoisotopic (exact) mass is 282 g/mol. The summed E-state index contributed by atoms with van der Waals surface area (Å²) in [6, 6.07) is 7.20. The molecule has 1 aliphatic heterocycles. The Morgan fingerprint density at radius 3 is 2.68 bits per heavy atom. The number of nitrogens with one attached hydrogen (secondary N) is 2. The van der Waals surface area contributed by atoms with Gasteiger partial charge in [0.1, 0.15) is 5.75 Å². The van der Waals surface area contributed by atoms with Crippen LogP contribution in [-0.2, 0) is 4.79 Å². The van der Waals surface area contributed by atoms with Crippen molar-refractivity contribution in [3.05, 3.63) is 29.3 Å². The zero-order valence-corrected chi connectivity index (χ0v) is 12.0. The van der Waals surface area contributed by atoms with Gasteiger partial charge in [-0.15, -0.1) is 0 Å². The second-order valence-corrected chi connectivity index (χ2v) is 5.67. The lowest BCUT2D eigenvalue weighted by molar-refractivity contribution is -0.134. The van der Waals surface area contributed by atoms with Crippen LogP contribution in [0, 0.1) is 0 Å². The lowest BCUT2D eigenvalue weighted by atomic mass is 10.1. The minimum absolute atomic E-state index is 0.101. The van der Waals surface area contributed by atoms with Gasteiger partial charge in [-0.05, 0) is 51.1 Å². The van der Waals surface area contributed by atoms with Crippen LogP contribution in [0.5, 0.6) is 5.75 Å². The molecule has 0 radical (unpaired) electrons. The first kappa shape index (κ1) is 14.2. The molecular weight excluding hydrogens is 264 g/mol. The molecule has 1 aliphatic rings. The lowest BCUT2D eigenvalue weighted by Gasteiger charge is -2.27. The zero-order chi connectivity index (χ0) is 13.9. The van der Waals surface area contributed by atoms with Gasteiger partial charge in [0.2, 0.25) is 0 Å². The van der Waals surface area contributed by atoms with E-state index in [1.54, 1.807) is 38.1 Å². The average molecular weight is 283 g/mol. The van der Waals surface area contributed by atoms with Crippen LogP contribution < -0.4 is 15.4 Å². The van der Waals surface area contributed by atoms with E-state index in [4.69, 9.17) is 16.3 Å². The van der Waals surface area contributed by atoms with Gasteiger partial charge in [0.15, 0.2) is 5.60 Å². The van der Waals surface area contributed by atoms with Crippen molar-refractivity contribution in [2.45, 2.75) is 31.9 Å². The smallest absolute Gasteiger partial charge is 0.263 e. The van der Waals surface area contributed by atoms with Gasteiger partial charge >= 0.3 is 0 Å². The standard InChI is InChI=1S/C14H19ClN2O2/c1-14(2,13(18)17-11-7-8-16-9-11)19-12-5-3-10(15)4-6-12/h3-6,11,16H,7-9H2,1-2H3,(H,17,18). The minimum Gasteiger partial charge on any atom is -0.478 e. The maximum Gasteiger partial charge on any atom is 0.263 e. The van der Waals surface area contributed by atoms with Crippen molar-refractivity contribution in [1.82, 2.24) is 10.6 Å². The molecule has 0 spiro atoms. The van der Waals surface area contributed by atoms with E-state index >= 15 is 0 Å².